The monoisotopic (exact) mass is 529 g/mol. The summed E-state index contributed by atoms with van der Waals surface area (Å²) in [6.45, 7) is 13.4. The fraction of sp³-hybridized carbons (Fsp3) is 0.406. The van der Waals surface area contributed by atoms with Crippen molar-refractivity contribution in [1.29, 1.82) is 5.26 Å². The Morgan fingerprint density at radius 3 is 2.31 bits per heavy atom. The van der Waals surface area contributed by atoms with Crippen LogP contribution in [0.2, 0.25) is 0 Å². The molecule has 1 heterocycles. The van der Waals surface area contributed by atoms with Crippen LogP contribution in [0.15, 0.2) is 71.1 Å². The SMILES string of the molecule is CC1=C(C(=O)O)C(Cc2ccccc2C#N)(c2ccc(C)cc2)C(CNC(=O)OC(C)(C)C)=C(CC(C)C)N1. The van der Waals surface area contributed by atoms with E-state index in [9.17, 15) is 20.0 Å². The number of carbonyl (C=O) groups is 2. The minimum atomic E-state index is -1.17. The summed E-state index contributed by atoms with van der Waals surface area (Å²) < 4.78 is 5.52. The second kappa shape index (κ2) is 11.8. The van der Waals surface area contributed by atoms with E-state index in [1.807, 2.05) is 43.3 Å². The van der Waals surface area contributed by atoms with Gasteiger partial charge in [-0.05, 0) is 76.1 Å². The van der Waals surface area contributed by atoms with Crippen molar-refractivity contribution in [2.75, 3.05) is 6.54 Å². The Balaban J connectivity index is 2.36. The summed E-state index contributed by atoms with van der Waals surface area (Å²) in [5.41, 5.74) is 3.50. The molecular weight excluding hydrogens is 490 g/mol. The van der Waals surface area contributed by atoms with Crippen LogP contribution in [0.1, 0.15) is 70.2 Å². The molecule has 1 unspecified atom stereocenters. The molecule has 0 saturated carbocycles. The van der Waals surface area contributed by atoms with E-state index in [1.165, 1.54) is 0 Å². The van der Waals surface area contributed by atoms with Crippen LogP contribution in [0.5, 0.6) is 0 Å². The molecule has 7 heteroatoms. The number of ether oxygens (including phenoxy) is 1. The summed E-state index contributed by atoms with van der Waals surface area (Å²) in [6, 6.07) is 17.4. The van der Waals surface area contributed by atoms with E-state index in [4.69, 9.17) is 4.74 Å². The molecule has 0 spiro atoms. The van der Waals surface area contributed by atoms with E-state index in [-0.39, 0.29) is 24.5 Å². The van der Waals surface area contributed by atoms with Crippen LogP contribution in [-0.2, 0) is 21.4 Å². The van der Waals surface area contributed by atoms with E-state index in [0.29, 0.717) is 17.7 Å². The third-order valence-electron chi connectivity index (χ3n) is 6.79. The van der Waals surface area contributed by atoms with Crippen molar-refractivity contribution in [3.8, 4) is 6.07 Å². The van der Waals surface area contributed by atoms with Gasteiger partial charge in [0.2, 0.25) is 0 Å². The number of carbonyl (C=O) groups excluding carboxylic acids is 1. The highest BCUT2D eigenvalue weighted by Gasteiger charge is 2.48. The zero-order valence-corrected chi connectivity index (χ0v) is 23.9. The lowest BCUT2D eigenvalue weighted by molar-refractivity contribution is -0.133. The number of aryl methyl sites for hydroxylation is 1. The Kier molecular flexibility index (Phi) is 8.91. The zero-order chi connectivity index (χ0) is 29.0. The molecule has 2 aromatic carbocycles. The van der Waals surface area contributed by atoms with Gasteiger partial charge in [0.15, 0.2) is 0 Å². The molecule has 0 aliphatic carbocycles. The lowest BCUT2D eigenvalue weighted by atomic mass is 9.62. The molecule has 1 aliphatic rings. The largest absolute Gasteiger partial charge is 0.478 e. The summed E-state index contributed by atoms with van der Waals surface area (Å²) in [7, 11) is 0. The van der Waals surface area contributed by atoms with Crippen LogP contribution in [0, 0.1) is 24.2 Å². The summed E-state index contributed by atoms with van der Waals surface area (Å²) in [5.74, 6) is -0.807. The number of aliphatic carboxylic acids is 1. The highest BCUT2D eigenvalue weighted by molar-refractivity contribution is 5.93. The smallest absolute Gasteiger partial charge is 0.407 e. The molecule has 0 radical (unpaired) electrons. The van der Waals surface area contributed by atoms with Gasteiger partial charge in [-0.2, -0.15) is 5.26 Å². The topological polar surface area (TPSA) is 111 Å². The number of nitriles is 1. The number of dihydropyridines is 1. The predicted octanol–water partition coefficient (Wildman–Crippen LogP) is 6.13. The van der Waals surface area contributed by atoms with Crippen molar-refractivity contribution in [3.63, 3.8) is 0 Å². The number of carboxylic acid groups (broad SMARTS) is 1. The Morgan fingerprint density at radius 2 is 1.74 bits per heavy atom. The van der Waals surface area contributed by atoms with Crippen LogP contribution in [0.3, 0.4) is 0 Å². The maximum atomic E-state index is 13.1. The number of rotatable bonds is 8. The Hall–Kier alpha value is -4.05. The first-order valence-electron chi connectivity index (χ1n) is 13.2. The molecule has 206 valence electrons. The number of carboxylic acids is 1. The van der Waals surface area contributed by atoms with Crippen LogP contribution in [-0.4, -0.2) is 29.3 Å². The van der Waals surface area contributed by atoms with Crippen LogP contribution in [0.25, 0.3) is 0 Å². The number of benzene rings is 2. The molecule has 39 heavy (non-hydrogen) atoms. The van der Waals surface area contributed by atoms with Gasteiger partial charge >= 0.3 is 12.1 Å². The summed E-state index contributed by atoms with van der Waals surface area (Å²) in [5, 5.41) is 26.9. The summed E-state index contributed by atoms with van der Waals surface area (Å²) in [6.07, 6.45) is 0.286. The van der Waals surface area contributed by atoms with E-state index >= 15 is 0 Å². The van der Waals surface area contributed by atoms with Gasteiger partial charge in [0.25, 0.3) is 0 Å². The van der Waals surface area contributed by atoms with E-state index < -0.39 is 23.1 Å². The van der Waals surface area contributed by atoms with Crippen molar-refractivity contribution < 1.29 is 19.4 Å². The molecular formula is C32H39N3O4. The highest BCUT2D eigenvalue weighted by Crippen LogP contribution is 2.48. The Bertz CT molecular complexity index is 1340. The minimum absolute atomic E-state index is 0.0661. The van der Waals surface area contributed by atoms with Crippen molar-refractivity contribution >= 4 is 12.1 Å². The molecule has 2 aromatic rings. The third kappa shape index (κ3) is 6.69. The van der Waals surface area contributed by atoms with Gasteiger partial charge in [0, 0.05) is 17.9 Å². The quantitative estimate of drug-likeness (QED) is 0.379. The highest BCUT2D eigenvalue weighted by atomic mass is 16.6. The second-order valence-corrected chi connectivity index (χ2v) is 11.6. The average Bonchev–Trinajstić information content (AvgIpc) is 2.82. The summed E-state index contributed by atoms with van der Waals surface area (Å²) in [4.78, 5) is 25.9. The zero-order valence-electron chi connectivity index (χ0n) is 23.9. The third-order valence-corrected chi connectivity index (χ3v) is 6.79. The number of allylic oxidation sites excluding steroid dienone is 2. The molecule has 7 nitrogen and oxygen atoms in total. The Labute approximate surface area is 231 Å². The number of hydrogen-bond donors (Lipinski definition) is 3. The van der Waals surface area contributed by atoms with E-state index in [2.05, 4.69) is 30.6 Å². The van der Waals surface area contributed by atoms with Crippen LogP contribution in [0.4, 0.5) is 4.79 Å². The van der Waals surface area contributed by atoms with Gasteiger partial charge in [0.1, 0.15) is 5.60 Å². The lowest BCUT2D eigenvalue weighted by Gasteiger charge is -2.44. The molecule has 1 atom stereocenters. The maximum Gasteiger partial charge on any atom is 0.407 e. The van der Waals surface area contributed by atoms with Crippen molar-refractivity contribution in [3.05, 3.63) is 93.3 Å². The standard InChI is InChI=1S/C32H39N3O4/c1-20(2)16-27-26(19-34-30(38)39-31(5,6)7)32(25-14-12-21(3)13-15-25,28(29(36)37)22(4)35-27)17-23-10-8-9-11-24(23)18-33/h8-15,20,35H,16-17,19H2,1-7H3,(H,34,38)(H,36,37). The normalized spacial score (nSPS) is 17.5. The fourth-order valence-corrected chi connectivity index (χ4v) is 5.27. The number of alkyl carbamates (subject to hydrolysis) is 1. The summed E-state index contributed by atoms with van der Waals surface area (Å²) >= 11 is 0. The maximum absolute atomic E-state index is 13.1. The van der Waals surface area contributed by atoms with Gasteiger partial charge in [0.05, 0.1) is 22.6 Å². The Morgan fingerprint density at radius 1 is 1.10 bits per heavy atom. The van der Waals surface area contributed by atoms with Gasteiger partial charge in [-0.1, -0.05) is 61.9 Å². The van der Waals surface area contributed by atoms with Crippen LogP contribution >= 0.6 is 0 Å². The lowest BCUT2D eigenvalue weighted by Crippen LogP contribution is -2.48. The van der Waals surface area contributed by atoms with Crippen LogP contribution < -0.4 is 10.6 Å². The molecule has 0 bridgehead atoms. The van der Waals surface area contributed by atoms with Gasteiger partial charge in [-0.15, -0.1) is 0 Å². The first-order valence-corrected chi connectivity index (χ1v) is 13.2. The van der Waals surface area contributed by atoms with E-state index in [0.717, 1.165) is 28.0 Å². The van der Waals surface area contributed by atoms with Crippen molar-refractivity contribution in [2.45, 2.75) is 72.3 Å². The average molecular weight is 530 g/mol. The molecule has 3 N–H and O–H groups in total. The molecule has 1 amide bonds. The second-order valence-electron chi connectivity index (χ2n) is 11.6. The van der Waals surface area contributed by atoms with E-state index in [1.54, 1.807) is 39.8 Å². The number of nitrogens with zero attached hydrogens (tertiary/aromatic N) is 1. The molecule has 0 saturated heterocycles. The molecule has 3 rings (SSSR count). The minimum Gasteiger partial charge on any atom is -0.478 e. The van der Waals surface area contributed by atoms with Gasteiger partial charge in [-0.25, -0.2) is 9.59 Å². The number of nitrogens with one attached hydrogen (secondary N) is 2. The number of hydrogen-bond acceptors (Lipinski definition) is 5. The molecule has 0 fully saturated rings. The first kappa shape index (κ1) is 29.5. The fourth-order valence-electron chi connectivity index (χ4n) is 5.27. The number of amides is 1. The van der Waals surface area contributed by atoms with Gasteiger partial charge < -0.3 is 20.5 Å². The van der Waals surface area contributed by atoms with Crippen molar-refractivity contribution in [2.24, 2.45) is 5.92 Å². The van der Waals surface area contributed by atoms with Gasteiger partial charge in [-0.3, -0.25) is 0 Å². The molecule has 0 aromatic heterocycles. The first-order chi connectivity index (χ1) is 18.3. The molecule has 1 aliphatic heterocycles. The van der Waals surface area contributed by atoms with Crippen molar-refractivity contribution in [1.82, 2.24) is 10.6 Å². The predicted molar refractivity (Wildman–Crippen MR) is 152 cm³/mol.